The molecule has 0 spiro atoms. The summed E-state index contributed by atoms with van der Waals surface area (Å²) in [6, 6.07) is 0. The summed E-state index contributed by atoms with van der Waals surface area (Å²) in [7, 11) is 1.36. The predicted octanol–water partition coefficient (Wildman–Crippen LogP) is 3.22. The van der Waals surface area contributed by atoms with E-state index in [0.29, 0.717) is 5.92 Å². The van der Waals surface area contributed by atoms with Crippen LogP contribution in [-0.2, 0) is 14.3 Å². The lowest BCUT2D eigenvalue weighted by molar-refractivity contribution is -0.153. The van der Waals surface area contributed by atoms with E-state index in [2.05, 4.69) is 6.92 Å². The molecule has 1 rings (SSSR count). The van der Waals surface area contributed by atoms with Gasteiger partial charge < -0.3 is 4.74 Å². The van der Waals surface area contributed by atoms with Crippen molar-refractivity contribution in [3.63, 3.8) is 0 Å². The van der Waals surface area contributed by atoms with Crippen LogP contribution in [0.2, 0.25) is 0 Å². The Balaban J connectivity index is 2.73. The molecule has 0 aromatic carbocycles. The molecule has 0 amide bonds. The van der Waals surface area contributed by atoms with E-state index < -0.39 is 5.92 Å². The molecule has 0 N–H and O–H groups in total. The summed E-state index contributed by atoms with van der Waals surface area (Å²) in [5.74, 6) is -0.0976. The van der Waals surface area contributed by atoms with Crippen molar-refractivity contribution in [1.29, 1.82) is 0 Å². The maximum absolute atomic E-state index is 12.5. The molecule has 0 heterocycles. The summed E-state index contributed by atoms with van der Waals surface area (Å²) in [5.41, 5.74) is 0. The second-order valence-electron chi connectivity index (χ2n) is 5.79. The highest BCUT2D eigenvalue weighted by Gasteiger charge is 2.37. The Labute approximate surface area is 110 Å². The van der Waals surface area contributed by atoms with Crippen LogP contribution in [0.15, 0.2) is 0 Å². The Morgan fingerprint density at radius 3 is 2.44 bits per heavy atom. The number of carbonyl (C=O) groups excluding carboxylic acids is 2. The Morgan fingerprint density at radius 1 is 1.28 bits per heavy atom. The molecule has 3 atom stereocenters. The van der Waals surface area contributed by atoms with Gasteiger partial charge in [-0.2, -0.15) is 0 Å². The van der Waals surface area contributed by atoms with Crippen LogP contribution in [0.1, 0.15) is 52.9 Å². The third-order valence-electron chi connectivity index (χ3n) is 4.19. The van der Waals surface area contributed by atoms with Gasteiger partial charge in [0, 0.05) is 5.92 Å². The first-order valence-corrected chi connectivity index (χ1v) is 7.12. The molecule has 0 bridgehead atoms. The molecule has 3 nitrogen and oxygen atoms in total. The van der Waals surface area contributed by atoms with Crippen LogP contribution in [0.3, 0.4) is 0 Å². The van der Waals surface area contributed by atoms with Gasteiger partial charge in [0.15, 0.2) is 0 Å². The van der Waals surface area contributed by atoms with Crippen molar-refractivity contribution in [1.82, 2.24) is 0 Å². The van der Waals surface area contributed by atoms with Crippen molar-refractivity contribution in [3.05, 3.63) is 0 Å². The summed E-state index contributed by atoms with van der Waals surface area (Å²) in [4.78, 5) is 24.2. The number of carbonyl (C=O) groups is 2. The van der Waals surface area contributed by atoms with Crippen LogP contribution >= 0.6 is 0 Å². The van der Waals surface area contributed by atoms with E-state index in [1.165, 1.54) is 13.5 Å². The number of ether oxygens (including phenoxy) is 1. The van der Waals surface area contributed by atoms with Crippen molar-refractivity contribution in [2.75, 3.05) is 7.11 Å². The molecule has 0 aliphatic heterocycles. The molecular weight excluding hydrogens is 228 g/mol. The van der Waals surface area contributed by atoms with Crippen LogP contribution in [0.5, 0.6) is 0 Å². The largest absolute Gasteiger partial charge is 0.468 e. The third kappa shape index (κ3) is 3.56. The topological polar surface area (TPSA) is 43.4 Å². The Kier molecular flexibility index (Phi) is 5.83. The summed E-state index contributed by atoms with van der Waals surface area (Å²) in [6.45, 7) is 6.01. The lowest BCUT2D eigenvalue weighted by atomic mass is 9.74. The fourth-order valence-corrected chi connectivity index (χ4v) is 3.02. The van der Waals surface area contributed by atoms with Gasteiger partial charge in [0.2, 0.25) is 0 Å². The molecule has 1 aliphatic rings. The van der Waals surface area contributed by atoms with E-state index in [1.54, 1.807) is 0 Å². The second-order valence-corrected chi connectivity index (χ2v) is 5.79. The van der Waals surface area contributed by atoms with Crippen LogP contribution in [-0.4, -0.2) is 18.9 Å². The second kappa shape index (κ2) is 6.91. The summed E-state index contributed by atoms with van der Waals surface area (Å²) >= 11 is 0. The normalized spacial score (nSPS) is 25.8. The average molecular weight is 254 g/mol. The molecule has 3 unspecified atom stereocenters. The highest BCUT2D eigenvalue weighted by Crippen LogP contribution is 2.34. The Hall–Kier alpha value is -0.860. The Morgan fingerprint density at radius 2 is 1.94 bits per heavy atom. The Bertz CT molecular complexity index is 296. The molecule has 1 saturated carbocycles. The number of rotatable bonds is 5. The smallest absolute Gasteiger partial charge is 0.316 e. The number of methoxy groups -OCH3 is 1. The standard InChI is InChI=1S/C15H26O3/c1-5-11-7-6-8-12(9-11)14(16)13(10(2)3)15(17)18-4/h10-13H,5-9H2,1-4H3. The highest BCUT2D eigenvalue weighted by molar-refractivity contribution is 6.00. The SMILES string of the molecule is CCC1CCCC(C(=O)C(C(=O)OC)C(C)C)C1. The highest BCUT2D eigenvalue weighted by atomic mass is 16.5. The van der Waals surface area contributed by atoms with Crippen LogP contribution in [0.4, 0.5) is 0 Å². The summed E-state index contributed by atoms with van der Waals surface area (Å²) in [6.07, 6.45) is 5.37. The van der Waals surface area contributed by atoms with Gasteiger partial charge in [-0.1, -0.05) is 40.0 Å². The lowest BCUT2D eigenvalue weighted by Gasteiger charge is -2.30. The monoisotopic (exact) mass is 254 g/mol. The fraction of sp³-hybridized carbons (Fsp3) is 0.867. The number of hydrogen-bond donors (Lipinski definition) is 0. The molecule has 1 aliphatic carbocycles. The first kappa shape index (κ1) is 15.2. The van der Waals surface area contributed by atoms with E-state index in [4.69, 9.17) is 4.74 Å². The van der Waals surface area contributed by atoms with Crippen LogP contribution in [0.25, 0.3) is 0 Å². The zero-order valence-electron chi connectivity index (χ0n) is 12.1. The van der Waals surface area contributed by atoms with Gasteiger partial charge in [0.1, 0.15) is 11.7 Å². The molecule has 18 heavy (non-hydrogen) atoms. The minimum Gasteiger partial charge on any atom is -0.468 e. The minimum atomic E-state index is -0.574. The summed E-state index contributed by atoms with van der Waals surface area (Å²) in [5, 5.41) is 0. The number of hydrogen-bond acceptors (Lipinski definition) is 3. The van der Waals surface area contributed by atoms with E-state index in [-0.39, 0.29) is 23.6 Å². The quantitative estimate of drug-likeness (QED) is 0.559. The van der Waals surface area contributed by atoms with E-state index in [0.717, 1.165) is 25.7 Å². The molecule has 0 saturated heterocycles. The molecule has 1 fully saturated rings. The first-order valence-electron chi connectivity index (χ1n) is 7.12. The predicted molar refractivity (Wildman–Crippen MR) is 71.1 cm³/mol. The van der Waals surface area contributed by atoms with Gasteiger partial charge in [-0.25, -0.2) is 0 Å². The number of ketones is 1. The van der Waals surface area contributed by atoms with E-state index in [1.807, 2.05) is 13.8 Å². The zero-order chi connectivity index (χ0) is 13.7. The maximum atomic E-state index is 12.5. The molecular formula is C15H26O3. The van der Waals surface area contributed by atoms with Crippen molar-refractivity contribution in [2.24, 2.45) is 23.7 Å². The lowest BCUT2D eigenvalue weighted by Crippen LogP contribution is -2.36. The fourth-order valence-electron chi connectivity index (χ4n) is 3.02. The molecule has 0 aromatic heterocycles. The molecule has 104 valence electrons. The summed E-state index contributed by atoms with van der Waals surface area (Å²) < 4.78 is 4.78. The van der Waals surface area contributed by atoms with Crippen LogP contribution < -0.4 is 0 Å². The minimum absolute atomic E-state index is 0.0203. The number of Topliss-reactive ketones (excluding diaryl/α,β-unsaturated/α-hetero) is 1. The van der Waals surface area contributed by atoms with Gasteiger partial charge in [-0.15, -0.1) is 0 Å². The third-order valence-corrected chi connectivity index (χ3v) is 4.19. The molecule has 0 radical (unpaired) electrons. The van der Waals surface area contributed by atoms with Crippen molar-refractivity contribution >= 4 is 11.8 Å². The van der Waals surface area contributed by atoms with Gasteiger partial charge in [-0.05, 0) is 24.7 Å². The van der Waals surface area contributed by atoms with E-state index >= 15 is 0 Å². The molecule has 3 heteroatoms. The maximum Gasteiger partial charge on any atom is 0.316 e. The van der Waals surface area contributed by atoms with Crippen molar-refractivity contribution in [2.45, 2.75) is 52.9 Å². The van der Waals surface area contributed by atoms with Gasteiger partial charge in [-0.3, -0.25) is 9.59 Å². The van der Waals surface area contributed by atoms with E-state index in [9.17, 15) is 9.59 Å². The average Bonchev–Trinajstić information content (AvgIpc) is 2.38. The van der Waals surface area contributed by atoms with Gasteiger partial charge in [0.05, 0.1) is 7.11 Å². The zero-order valence-corrected chi connectivity index (χ0v) is 12.1. The molecule has 0 aromatic rings. The first-order chi connectivity index (χ1) is 8.51. The van der Waals surface area contributed by atoms with Crippen molar-refractivity contribution in [3.8, 4) is 0 Å². The van der Waals surface area contributed by atoms with Gasteiger partial charge >= 0.3 is 5.97 Å². The van der Waals surface area contributed by atoms with Crippen molar-refractivity contribution < 1.29 is 14.3 Å². The number of esters is 1. The van der Waals surface area contributed by atoms with Crippen LogP contribution in [0, 0.1) is 23.7 Å². The van der Waals surface area contributed by atoms with Gasteiger partial charge in [0.25, 0.3) is 0 Å².